The minimum absolute atomic E-state index is 0.375. The maximum atomic E-state index is 8.81. The van der Waals surface area contributed by atoms with Crippen LogP contribution in [0.3, 0.4) is 0 Å². The Labute approximate surface area is 294 Å². The Morgan fingerprint density at radius 1 is 0.174 bits per heavy atom. The van der Waals surface area contributed by atoms with Crippen LogP contribution in [0.15, 0.2) is 0 Å². The summed E-state index contributed by atoms with van der Waals surface area (Å²) >= 11 is 0. The van der Waals surface area contributed by atoms with Crippen molar-refractivity contribution >= 4 is 0 Å². The zero-order valence-corrected chi connectivity index (χ0v) is 32.6. The van der Waals surface area contributed by atoms with Crippen LogP contribution in [-0.4, -0.2) is 11.7 Å². The third kappa shape index (κ3) is 44.0. The molecular weight excluding hydrogens is 556 g/mol. The van der Waals surface area contributed by atoms with Crippen LogP contribution in [0.1, 0.15) is 283 Å². The lowest BCUT2D eigenvalue weighted by atomic mass is 10.0. The monoisotopic (exact) mass is 649 g/mol. The Hall–Kier alpha value is -0.0400. The SMILES string of the molecule is CCCCCCCCCCCCCCCCCCCCCCCCCCCCCCCCCCCCCCCCCCCCCO. The molecule has 0 unspecified atom stereocenters. The highest BCUT2D eigenvalue weighted by Crippen LogP contribution is 2.18. The second-order valence-corrected chi connectivity index (χ2v) is 15.6. The van der Waals surface area contributed by atoms with Gasteiger partial charge in [-0.2, -0.15) is 0 Å². The Morgan fingerprint density at radius 2 is 0.283 bits per heavy atom. The molecule has 1 N–H and O–H groups in total. The summed E-state index contributed by atoms with van der Waals surface area (Å²) in [5, 5.41) is 8.81. The van der Waals surface area contributed by atoms with E-state index < -0.39 is 0 Å². The van der Waals surface area contributed by atoms with Crippen molar-refractivity contribution in [3.8, 4) is 0 Å². The van der Waals surface area contributed by atoms with E-state index >= 15 is 0 Å². The normalized spacial score (nSPS) is 11.6. The van der Waals surface area contributed by atoms with E-state index in [-0.39, 0.29) is 0 Å². The van der Waals surface area contributed by atoms with Crippen molar-refractivity contribution in [2.45, 2.75) is 283 Å². The summed E-state index contributed by atoms with van der Waals surface area (Å²) in [5.41, 5.74) is 0. The molecule has 1 nitrogen and oxygen atoms in total. The van der Waals surface area contributed by atoms with Gasteiger partial charge in [0.1, 0.15) is 0 Å². The maximum absolute atomic E-state index is 8.81. The van der Waals surface area contributed by atoms with E-state index in [1.165, 1.54) is 270 Å². The number of hydrogen-bond donors (Lipinski definition) is 1. The lowest BCUT2D eigenvalue weighted by Crippen LogP contribution is -1.85. The van der Waals surface area contributed by atoms with E-state index in [1.54, 1.807) is 0 Å². The molecule has 0 heterocycles. The molecular formula is C45H92O. The average molecular weight is 649 g/mol. The molecule has 0 saturated carbocycles. The molecule has 46 heavy (non-hydrogen) atoms. The smallest absolute Gasteiger partial charge is 0.0431 e. The van der Waals surface area contributed by atoms with Gasteiger partial charge < -0.3 is 5.11 Å². The van der Waals surface area contributed by atoms with Crippen molar-refractivity contribution in [1.29, 1.82) is 0 Å². The highest BCUT2D eigenvalue weighted by molar-refractivity contribution is 4.54. The van der Waals surface area contributed by atoms with Crippen LogP contribution in [0.4, 0.5) is 0 Å². The van der Waals surface area contributed by atoms with Gasteiger partial charge in [0.25, 0.3) is 0 Å². The summed E-state index contributed by atoms with van der Waals surface area (Å²) in [6.07, 6.45) is 62.5. The second-order valence-electron chi connectivity index (χ2n) is 15.6. The molecule has 278 valence electrons. The quantitative estimate of drug-likeness (QED) is 0.0652. The summed E-state index contributed by atoms with van der Waals surface area (Å²) in [6, 6.07) is 0. The minimum Gasteiger partial charge on any atom is -0.396 e. The van der Waals surface area contributed by atoms with Crippen LogP contribution in [0.2, 0.25) is 0 Å². The maximum Gasteiger partial charge on any atom is 0.0431 e. The van der Waals surface area contributed by atoms with Crippen LogP contribution in [0.25, 0.3) is 0 Å². The van der Waals surface area contributed by atoms with Crippen molar-refractivity contribution in [3.63, 3.8) is 0 Å². The molecule has 0 aromatic carbocycles. The van der Waals surface area contributed by atoms with Gasteiger partial charge in [0.2, 0.25) is 0 Å². The van der Waals surface area contributed by atoms with E-state index in [1.807, 2.05) is 0 Å². The summed E-state index contributed by atoms with van der Waals surface area (Å²) in [6.45, 7) is 2.68. The average Bonchev–Trinajstić information content (AvgIpc) is 3.07. The number of rotatable bonds is 43. The number of aliphatic hydroxyl groups is 1. The molecule has 0 rings (SSSR count). The first kappa shape index (κ1) is 46.0. The van der Waals surface area contributed by atoms with Crippen LogP contribution >= 0.6 is 0 Å². The second kappa shape index (κ2) is 45.0. The van der Waals surface area contributed by atoms with Crippen molar-refractivity contribution in [3.05, 3.63) is 0 Å². The molecule has 0 bridgehead atoms. The van der Waals surface area contributed by atoms with Crippen molar-refractivity contribution < 1.29 is 5.11 Å². The Bertz CT molecular complexity index is 443. The van der Waals surface area contributed by atoms with Crippen molar-refractivity contribution in [2.75, 3.05) is 6.61 Å². The molecule has 0 radical (unpaired) electrons. The van der Waals surface area contributed by atoms with Crippen LogP contribution in [-0.2, 0) is 0 Å². The molecule has 1 heteroatoms. The summed E-state index contributed by atoms with van der Waals surface area (Å²) < 4.78 is 0. The van der Waals surface area contributed by atoms with Crippen molar-refractivity contribution in [2.24, 2.45) is 0 Å². The van der Waals surface area contributed by atoms with E-state index in [9.17, 15) is 0 Å². The molecule has 0 saturated heterocycles. The van der Waals surface area contributed by atoms with Gasteiger partial charge in [-0.25, -0.2) is 0 Å². The van der Waals surface area contributed by atoms with Gasteiger partial charge >= 0.3 is 0 Å². The molecule has 0 aromatic rings. The summed E-state index contributed by atoms with van der Waals surface area (Å²) in [4.78, 5) is 0. The highest BCUT2D eigenvalue weighted by Gasteiger charge is 1.98. The topological polar surface area (TPSA) is 20.2 Å². The van der Waals surface area contributed by atoms with Gasteiger partial charge in [-0.05, 0) is 6.42 Å². The molecule has 0 atom stereocenters. The molecule has 0 aromatic heterocycles. The number of aliphatic hydroxyl groups excluding tert-OH is 1. The van der Waals surface area contributed by atoms with Gasteiger partial charge in [-0.3, -0.25) is 0 Å². The lowest BCUT2D eigenvalue weighted by molar-refractivity contribution is 0.282. The molecule has 0 amide bonds. The Morgan fingerprint density at radius 3 is 0.391 bits per heavy atom. The first-order chi connectivity index (χ1) is 22.9. The van der Waals surface area contributed by atoms with Crippen LogP contribution < -0.4 is 0 Å². The van der Waals surface area contributed by atoms with Crippen LogP contribution in [0.5, 0.6) is 0 Å². The van der Waals surface area contributed by atoms with Gasteiger partial charge in [-0.15, -0.1) is 0 Å². The van der Waals surface area contributed by atoms with Gasteiger partial charge in [-0.1, -0.05) is 277 Å². The molecule has 0 aliphatic rings. The predicted octanol–water partition coefficient (Wildman–Crippen LogP) is 16.8. The van der Waals surface area contributed by atoms with Crippen molar-refractivity contribution in [1.82, 2.24) is 0 Å². The van der Waals surface area contributed by atoms with Crippen LogP contribution in [0, 0.1) is 0 Å². The van der Waals surface area contributed by atoms with Gasteiger partial charge in [0, 0.05) is 6.61 Å². The first-order valence-corrected chi connectivity index (χ1v) is 22.5. The van der Waals surface area contributed by atoms with E-state index in [0.29, 0.717) is 6.61 Å². The standard InChI is InChI=1S/C45H92O/c1-2-3-4-5-6-7-8-9-10-11-12-13-14-15-16-17-18-19-20-21-22-23-24-25-26-27-28-29-30-31-32-33-34-35-36-37-38-39-40-41-42-43-44-45-46/h46H,2-45H2,1H3. The predicted molar refractivity (Wildman–Crippen MR) is 211 cm³/mol. The molecule has 0 fully saturated rings. The molecule has 0 aliphatic carbocycles. The third-order valence-electron chi connectivity index (χ3n) is 10.8. The highest BCUT2D eigenvalue weighted by atomic mass is 16.2. The fourth-order valence-corrected chi connectivity index (χ4v) is 7.43. The van der Waals surface area contributed by atoms with Gasteiger partial charge in [0.05, 0.1) is 0 Å². The Kier molecular flexibility index (Phi) is 44.9. The first-order valence-electron chi connectivity index (χ1n) is 22.5. The fraction of sp³-hybridized carbons (Fsp3) is 1.00. The Balaban J connectivity index is 3.03. The van der Waals surface area contributed by atoms with Gasteiger partial charge in [0.15, 0.2) is 0 Å². The molecule has 0 aliphatic heterocycles. The van der Waals surface area contributed by atoms with E-state index in [2.05, 4.69) is 6.92 Å². The fourth-order valence-electron chi connectivity index (χ4n) is 7.43. The number of unbranched alkanes of at least 4 members (excludes halogenated alkanes) is 42. The number of hydrogen-bond acceptors (Lipinski definition) is 1. The third-order valence-corrected chi connectivity index (χ3v) is 10.8. The van der Waals surface area contributed by atoms with E-state index in [4.69, 9.17) is 5.11 Å². The zero-order valence-electron chi connectivity index (χ0n) is 32.6. The zero-order chi connectivity index (χ0) is 33.1. The minimum atomic E-state index is 0.375. The largest absolute Gasteiger partial charge is 0.396 e. The summed E-state index contributed by atoms with van der Waals surface area (Å²) in [7, 11) is 0. The summed E-state index contributed by atoms with van der Waals surface area (Å²) in [5.74, 6) is 0. The molecule has 0 spiro atoms. The van der Waals surface area contributed by atoms with E-state index in [0.717, 1.165) is 6.42 Å². The lowest BCUT2D eigenvalue weighted by Gasteiger charge is -2.05.